The van der Waals surface area contributed by atoms with Crippen molar-refractivity contribution in [1.82, 2.24) is 9.97 Å². The molecule has 2 aromatic heterocycles. The molecule has 23 heavy (non-hydrogen) atoms. The van der Waals surface area contributed by atoms with E-state index in [1.54, 1.807) is 0 Å². The number of benzene rings is 1. The molecular weight excluding hydrogens is 326 g/mol. The van der Waals surface area contributed by atoms with Gasteiger partial charge >= 0.3 is 0 Å². The maximum absolute atomic E-state index is 12.3. The number of nitrogens with zero attached hydrogens (tertiary/aromatic N) is 2. The summed E-state index contributed by atoms with van der Waals surface area (Å²) >= 11 is 2.90. The molecule has 2 heterocycles. The van der Waals surface area contributed by atoms with Gasteiger partial charge in [0.1, 0.15) is 0 Å². The first-order valence-corrected chi connectivity index (χ1v) is 9.05. The zero-order chi connectivity index (χ0) is 16.4. The summed E-state index contributed by atoms with van der Waals surface area (Å²) < 4.78 is 0. The van der Waals surface area contributed by atoms with Crippen molar-refractivity contribution in [2.75, 3.05) is 5.32 Å². The third-order valence-electron chi connectivity index (χ3n) is 3.42. The summed E-state index contributed by atoms with van der Waals surface area (Å²) in [6.07, 6.45) is 0. The highest BCUT2D eigenvalue weighted by atomic mass is 32.2. The van der Waals surface area contributed by atoms with E-state index in [0.717, 1.165) is 21.6 Å². The lowest BCUT2D eigenvalue weighted by molar-refractivity contribution is -0.115. The monoisotopic (exact) mass is 343 g/mol. The SMILES string of the molecule is Cc1csc(NC(=O)[C@H](C)Sc2cc(C)c3ccccc3n2)n1. The summed E-state index contributed by atoms with van der Waals surface area (Å²) in [6, 6.07) is 10.1. The van der Waals surface area contributed by atoms with Crippen LogP contribution in [0.1, 0.15) is 18.2 Å². The van der Waals surface area contributed by atoms with Crippen molar-refractivity contribution in [2.45, 2.75) is 31.0 Å². The highest BCUT2D eigenvalue weighted by molar-refractivity contribution is 8.00. The molecule has 118 valence electrons. The number of anilines is 1. The predicted molar refractivity (Wildman–Crippen MR) is 97.3 cm³/mol. The Morgan fingerprint density at radius 1 is 1.26 bits per heavy atom. The van der Waals surface area contributed by atoms with Crippen molar-refractivity contribution < 1.29 is 4.79 Å². The molecule has 1 amide bonds. The lowest BCUT2D eigenvalue weighted by Crippen LogP contribution is -2.22. The quantitative estimate of drug-likeness (QED) is 0.712. The van der Waals surface area contributed by atoms with Gasteiger partial charge in [0.15, 0.2) is 5.13 Å². The van der Waals surface area contributed by atoms with E-state index in [2.05, 4.69) is 28.3 Å². The first kappa shape index (κ1) is 16.0. The molecule has 0 aliphatic carbocycles. The second-order valence-corrected chi connectivity index (χ2v) is 7.56. The summed E-state index contributed by atoms with van der Waals surface area (Å²) in [4.78, 5) is 21.2. The largest absolute Gasteiger partial charge is 0.301 e. The number of pyridine rings is 1. The van der Waals surface area contributed by atoms with Gasteiger partial charge in [0.25, 0.3) is 0 Å². The number of thioether (sulfide) groups is 1. The van der Waals surface area contributed by atoms with Crippen LogP contribution >= 0.6 is 23.1 Å². The van der Waals surface area contributed by atoms with Crippen molar-refractivity contribution >= 4 is 45.0 Å². The third kappa shape index (κ3) is 3.71. The van der Waals surface area contributed by atoms with Crippen molar-refractivity contribution in [1.29, 1.82) is 0 Å². The highest BCUT2D eigenvalue weighted by Crippen LogP contribution is 2.27. The van der Waals surface area contributed by atoms with Crippen LogP contribution < -0.4 is 5.32 Å². The Bertz CT molecular complexity index is 860. The minimum absolute atomic E-state index is 0.0584. The van der Waals surface area contributed by atoms with E-state index in [0.29, 0.717) is 5.13 Å². The summed E-state index contributed by atoms with van der Waals surface area (Å²) in [5.74, 6) is -0.0584. The number of aromatic nitrogens is 2. The number of thiazole rings is 1. The standard InChI is InChI=1S/C17H17N3OS2/c1-10-8-15(19-14-7-5-4-6-13(10)14)23-12(3)16(21)20-17-18-11(2)9-22-17/h4-9,12H,1-3H3,(H,18,20,21)/t12-/m0/s1. The van der Waals surface area contributed by atoms with E-state index in [4.69, 9.17) is 0 Å². The van der Waals surface area contributed by atoms with Crippen molar-refractivity contribution in [2.24, 2.45) is 0 Å². The molecule has 0 saturated heterocycles. The molecule has 3 rings (SSSR count). The summed E-state index contributed by atoms with van der Waals surface area (Å²) in [5, 5.41) is 7.18. The Kier molecular flexibility index (Phi) is 4.63. The Morgan fingerprint density at radius 2 is 2.04 bits per heavy atom. The van der Waals surface area contributed by atoms with Crippen molar-refractivity contribution in [3.8, 4) is 0 Å². The zero-order valence-electron chi connectivity index (χ0n) is 13.2. The van der Waals surface area contributed by atoms with E-state index in [-0.39, 0.29) is 11.2 Å². The maximum atomic E-state index is 12.3. The van der Waals surface area contributed by atoms with Crippen LogP contribution in [0, 0.1) is 13.8 Å². The van der Waals surface area contributed by atoms with E-state index >= 15 is 0 Å². The molecule has 1 N–H and O–H groups in total. The van der Waals surface area contributed by atoms with Gasteiger partial charge in [-0.25, -0.2) is 9.97 Å². The average Bonchev–Trinajstić information content (AvgIpc) is 2.92. The molecule has 0 aliphatic heterocycles. The average molecular weight is 343 g/mol. The molecule has 0 unspecified atom stereocenters. The zero-order valence-corrected chi connectivity index (χ0v) is 14.8. The smallest absolute Gasteiger partial charge is 0.239 e. The van der Waals surface area contributed by atoms with Crippen LogP contribution in [0.4, 0.5) is 5.13 Å². The van der Waals surface area contributed by atoms with Crippen LogP contribution in [-0.4, -0.2) is 21.1 Å². The fourth-order valence-corrected chi connectivity index (χ4v) is 3.85. The molecule has 0 spiro atoms. The van der Waals surface area contributed by atoms with E-state index in [1.165, 1.54) is 28.7 Å². The lowest BCUT2D eigenvalue weighted by atomic mass is 10.1. The van der Waals surface area contributed by atoms with Crippen LogP contribution in [0.25, 0.3) is 10.9 Å². The fraction of sp³-hybridized carbons (Fsp3) is 0.235. The number of aryl methyl sites for hydroxylation is 2. The van der Waals surface area contributed by atoms with Gasteiger partial charge in [-0.2, -0.15) is 0 Å². The number of para-hydroxylation sites is 1. The molecule has 6 heteroatoms. The van der Waals surface area contributed by atoms with E-state index in [9.17, 15) is 4.79 Å². The van der Waals surface area contributed by atoms with Gasteiger partial charge in [-0.3, -0.25) is 4.79 Å². The number of hydrogen-bond donors (Lipinski definition) is 1. The van der Waals surface area contributed by atoms with E-state index in [1.807, 2.05) is 43.5 Å². The Labute approximate surface area is 143 Å². The second kappa shape index (κ2) is 6.68. The molecule has 4 nitrogen and oxygen atoms in total. The number of fused-ring (bicyclic) bond motifs is 1. The van der Waals surface area contributed by atoms with E-state index < -0.39 is 0 Å². The first-order valence-electron chi connectivity index (χ1n) is 7.29. The number of hydrogen-bond acceptors (Lipinski definition) is 5. The van der Waals surface area contributed by atoms with Crippen molar-refractivity contribution in [3.63, 3.8) is 0 Å². The molecule has 0 saturated carbocycles. The van der Waals surface area contributed by atoms with Gasteiger partial charge in [0.05, 0.1) is 21.5 Å². The summed E-state index contributed by atoms with van der Waals surface area (Å²) in [7, 11) is 0. The molecule has 0 fully saturated rings. The molecule has 0 radical (unpaired) electrons. The number of nitrogens with one attached hydrogen (secondary N) is 1. The number of carbonyl (C=O) groups excluding carboxylic acids is 1. The minimum Gasteiger partial charge on any atom is -0.301 e. The first-order chi connectivity index (χ1) is 11.0. The second-order valence-electron chi connectivity index (χ2n) is 5.34. The van der Waals surface area contributed by atoms with Crippen LogP contribution in [0.15, 0.2) is 40.7 Å². The van der Waals surface area contributed by atoms with Crippen LogP contribution in [0.3, 0.4) is 0 Å². The Hall–Kier alpha value is -1.92. The number of amides is 1. The Balaban J connectivity index is 1.74. The molecule has 0 aliphatic rings. The Morgan fingerprint density at radius 3 is 2.78 bits per heavy atom. The van der Waals surface area contributed by atoms with Gasteiger partial charge in [0.2, 0.25) is 5.91 Å². The molecule has 1 atom stereocenters. The van der Waals surface area contributed by atoms with Crippen LogP contribution in [-0.2, 0) is 4.79 Å². The van der Waals surface area contributed by atoms with Gasteiger partial charge < -0.3 is 5.32 Å². The van der Waals surface area contributed by atoms with Crippen LogP contribution in [0.2, 0.25) is 0 Å². The predicted octanol–water partition coefficient (Wildman–Crippen LogP) is 4.43. The maximum Gasteiger partial charge on any atom is 0.239 e. The molecule has 0 bridgehead atoms. The minimum atomic E-state index is -0.243. The summed E-state index contributed by atoms with van der Waals surface area (Å²) in [5.41, 5.74) is 3.04. The highest BCUT2D eigenvalue weighted by Gasteiger charge is 2.17. The normalized spacial score (nSPS) is 12.3. The number of rotatable bonds is 4. The molecule has 3 aromatic rings. The third-order valence-corrected chi connectivity index (χ3v) is 5.31. The van der Waals surface area contributed by atoms with Crippen molar-refractivity contribution in [3.05, 3.63) is 47.0 Å². The topological polar surface area (TPSA) is 54.9 Å². The van der Waals surface area contributed by atoms with Gasteiger partial charge in [-0.05, 0) is 38.5 Å². The fourth-order valence-electron chi connectivity index (χ4n) is 2.23. The lowest BCUT2D eigenvalue weighted by Gasteiger charge is -2.11. The molecular formula is C17H17N3OS2. The van der Waals surface area contributed by atoms with Gasteiger partial charge in [-0.1, -0.05) is 30.0 Å². The summed E-state index contributed by atoms with van der Waals surface area (Å²) in [6.45, 7) is 5.86. The van der Waals surface area contributed by atoms with Crippen LogP contribution in [0.5, 0.6) is 0 Å². The van der Waals surface area contributed by atoms with Gasteiger partial charge in [-0.15, -0.1) is 11.3 Å². The molecule has 1 aromatic carbocycles. The van der Waals surface area contributed by atoms with Gasteiger partial charge in [0, 0.05) is 10.8 Å². The number of carbonyl (C=O) groups is 1.